The fraction of sp³-hybridized carbons (Fsp3) is 0.600. The molecule has 1 rings (SSSR count). The van der Waals surface area contributed by atoms with E-state index in [1.165, 1.54) is 0 Å². The molecule has 0 aliphatic carbocycles. The van der Waals surface area contributed by atoms with E-state index in [9.17, 15) is 0 Å². The molecule has 0 fully saturated rings. The van der Waals surface area contributed by atoms with E-state index in [1.54, 1.807) is 26.4 Å². The molecule has 1 aromatic heterocycles. The van der Waals surface area contributed by atoms with Crippen LogP contribution in [-0.4, -0.2) is 37.3 Å². The van der Waals surface area contributed by atoms with Crippen LogP contribution in [0, 0.1) is 0 Å². The Balaban J connectivity index is 0.000000921. The van der Waals surface area contributed by atoms with Crippen LogP contribution < -0.4 is 10.1 Å². The SMILES string of the molecule is CC.CNc1nccc(OCCOC)n1. The summed E-state index contributed by atoms with van der Waals surface area (Å²) in [5.41, 5.74) is 0. The molecular formula is C10H19N3O2. The summed E-state index contributed by atoms with van der Waals surface area (Å²) in [7, 11) is 3.39. The summed E-state index contributed by atoms with van der Waals surface area (Å²) in [6.45, 7) is 5.05. The number of nitrogens with one attached hydrogen (secondary N) is 1. The summed E-state index contributed by atoms with van der Waals surface area (Å²) in [5.74, 6) is 1.10. The quantitative estimate of drug-likeness (QED) is 0.752. The van der Waals surface area contributed by atoms with Crippen molar-refractivity contribution in [2.45, 2.75) is 13.8 Å². The molecular weight excluding hydrogens is 194 g/mol. The minimum atomic E-state index is 0.497. The molecule has 0 aliphatic heterocycles. The zero-order valence-corrected chi connectivity index (χ0v) is 9.78. The molecule has 0 atom stereocenters. The van der Waals surface area contributed by atoms with E-state index in [-0.39, 0.29) is 0 Å². The fourth-order valence-electron chi connectivity index (χ4n) is 0.773. The number of nitrogens with zero attached hydrogens (tertiary/aromatic N) is 2. The van der Waals surface area contributed by atoms with Crippen molar-refractivity contribution in [1.29, 1.82) is 0 Å². The molecule has 0 radical (unpaired) electrons. The Morgan fingerprint density at radius 2 is 2.07 bits per heavy atom. The van der Waals surface area contributed by atoms with E-state index >= 15 is 0 Å². The molecule has 0 saturated heterocycles. The van der Waals surface area contributed by atoms with Gasteiger partial charge in [0.05, 0.1) is 6.61 Å². The molecule has 0 amide bonds. The summed E-state index contributed by atoms with van der Waals surface area (Å²) >= 11 is 0. The molecule has 15 heavy (non-hydrogen) atoms. The van der Waals surface area contributed by atoms with Gasteiger partial charge in [-0.2, -0.15) is 4.98 Å². The van der Waals surface area contributed by atoms with Crippen LogP contribution in [0.5, 0.6) is 5.88 Å². The third kappa shape index (κ3) is 5.85. The van der Waals surface area contributed by atoms with Crippen LogP contribution in [0.4, 0.5) is 5.95 Å². The Kier molecular flexibility index (Phi) is 8.37. The van der Waals surface area contributed by atoms with Crippen LogP contribution in [0.25, 0.3) is 0 Å². The van der Waals surface area contributed by atoms with Gasteiger partial charge < -0.3 is 14.8 Å². The first-order chi connectivity index (χ1) is 7.36. The lowest BCUT2D eigenvalue weighted by molar-refractivity contribution is 0.144. The Morgan fingerprint density at radius 3 is 2.67 bits per heavy atom. The molecule has 5 heteroatoms. The summed E-state index contributed by atoms with van der Waals surface area (Å²) in [4.78, 5) is 8.02. The molecule has 1 aromatic rings. The normalized spacial score (nSPS) is 8.80. The van der Waals surface area contributed by atoms with E-state index in [1.807, 2.05) is 13.8 Å². The number of anilines is 1. The van der Waals surface area contributed by atoms with Gasteiger partial charge in [-0.05, 0) is 0 Å². The zero-order valence-electron chi connectivity index (χ0n) is 9.78. The van der Waals surface area contributed by atoms with Crippen LogP contribution in [0.3, 0.4) is 0 Å². The second-order valence-corrected chi connectivity index (χ2v) is 2.31. The van der Waals surface area contributed by atoms with Crippen LogP contribution in [0.1, 0.15) is 13.8 Å². The highest BCUT2D eigenvalue weighted by molar-refractivity contribution is 5.25. The van der Waals surface area contributed by atoms with Crippen LogP contribution in [0.15, 0.2) is 12.3 Å². The summed E-state index contributed by atoms with van der Waals surface area (Å²) in [6.07, 6.45) is 1.64. The molecule has 86 valence electrons. The second-order valence-electron chi connectivity index (χ2n) is 2.31. The van der Waals surface area contributed by atoms with Gasteiger partial charge in [-0.3, -0.25) is 0 Å². The van der Waals surface area contributed by atoms with Crippen molar-refractivity contribution in [3.63, 3.8) is 0 Å². The molecule has 1 N–H and O–H groups in total. The maximum atomic E-state index is 5.27. The molecule has 0 aromatic carbocycles. The van der Waals surface area contributed by atoms with E-state index < -0.39 is 0 Å². The summed E-state index contributed by atoms with van der Waals surface area (Å²) in [6, 6.07) is 1.70. The number of rotatable bonds is 5. The minimum absolute atomic E-state index is 0.497. The van der Waals surface area contributed by atoms with Crippen LogP contribution in [0.2, 0.25) is 0 Å². The lowest BCUT2D eigenvalue weighted by Gasteiger charge is -2.04. The maximum Gasteiger partial charge on any atom is 0.225 e. The average molecular weight is 213 g/mol. The van der Waals surface area contributed by atoms with Crippen LogP contribution >= 0.6 is 0 Å². The van der Waals surface area contributed by atoms with Crippen molar-refractivity contribution >= 4 is 5.95 Å². The molecule has 5 nitrogen and oxygen atoms in total. The van der Waals surface area contributed by atoms with Crippen molar-refractivity contribution in [2.24, 2.45) is 0 Å². The monoisotopic (exact) mass is 213 g/mol. The van der Waals surface area contributed by atoms with Crippen molar-refractivity contribution in [3.8, 4) is 5.88 Å². The first-order valence-corrected chi connectivity index (χ1v) is 4.99. The average Bonchev–Trinajstić information content (AvgIpc) is 2.32. The highest BCUT2D eigenvalue weighted by atomic mass is 16.5. The fourth-order valence-corrected chi connectivity index (χ4v) is 0.773. The number of hydrogen-bond donors (Lipinski definition) is 1. The van der Waals surface area contributed by atoms with Crippen molar-refractivity contribution in [3.05, 3.63) is 12.3 Å². The number of aromatic nitrogens is 2. The Morgan fingerprint density at radius 1 is 1.33 bits per heavy atom. The Hall–Kier alpha value is -1.36. The third-order valence-corrected chi connectivity index (χ3v) is 1.39. The number of ether oxygens (including phenoxy) is 2. The molecule has 0 bridgehead atoms. The zero-order chi connectivity index (χ0) is 11.5. The third-order valence-electron chi connectivity index (χ3n) is 1.39. The van der Waals surface area contributed by atoms with Crippen molar-refractivity contribution in [1.82, 2.24) is 9.97 Å². The maximum absolute atomic E-state index is 5.27. The van der Waals surface area contributed by atoms with Crippen molar-refractivity contribution in [2.75, 3.05) is 32.7 Å². The molecule has 0 unspecified atom stereocenters. The highest BCUT2D eigenvalue weighted by Crippen LogP contribution is 2.06. The smallest absolute Gasteiger partial charge is 0.225 e. The van der Waals surface area contributed by atoms with Crippen LogP contribution in [-0.2, 0) is 4.74 Å². The van der Waals surface area contributed by atoms with Gasteiger partial charge in [-0.25, -0.2) is 4.98 Å². The lowest BCUT2D eigenvalue weighted by Crippen LogP contribution is -2.06. The predicted molar refractivity (Wildman–Crippen MR) is 60.3 cm³/mol. The Bertz CT molecular complexity index is 256. The molecule has 1 heterocycles. The molecule has 0 spiro atoms. The number of hydrogen-bond acceptors (Lipinski definition) is 5. The van der Waals surface area contributed by atoms with Crippen molar-refractivity contribution < 1.29 is 9.47 Å². The molecule has 0 aliphatic rings. The number of methoxy groups -OCH3 is 1. The highest BCUT2D eigenvalue weighted by Gasteiger charge is 1.96. The van der Waals surface area contributed by atoms with Gasteiger partial charge >= 0.3 is 0 Å². The summed E-state index contributed by atoms with van der Waals surface area (Å²) < 4.78 is 10.1. The van der Waals surface area contributed by atoms with E-state index in [2.05, 4.69) is 15.3 Å². The minimum Gasteiger partial charge on any atom is -0.475 e. The standard InChI is InChI=1S/C8H13N3O2.C2H6/c1-9-8-10-4-3-7(11-8)13-6-5-12-2;1-2/h3-4H,5-6H2,1-2H3,(H,9,10,11);1-2H3. The van der Waals surface area contributed by atoms with Gasteiger partial charge in [0.25, 0.3) is 0 Å². The van der Waals surface area contributed by atoms with Gasteiger partial charge in [0.2, 0.25) is 11.8 Å². The van der Waals surface area contributed by atoms with Gasteiger partial charge in [-0.1, -0.05) is 13.8 Å². The van der Waals surface area contributed by atoms with Gasteiger partial charge in [0.1, 0.15) is 6.61 Å². The van der Waals surface area contributed by atoms with E-state index in [0.717, 1.165) is 0 Å². The Labute approximate surface area is 90.8 Å². The molecule has 0 saturated carbocycles. The summed E-state index contributed by atoms with van der Waals surface area (Å²) in [5, 5.41) is 2.82. The first-order valence-electron chi connectivity index (χ1n) is 4.99. The van der Waals surface area contributed by atoms with Gasteiger partial charge in [0, 0.05) is 26.4 Å². The van der Waals surface area contributed by atoms with Gasteiger partial charge in [-0.15, -0.1) is 0 Å². The largest absolute Gasteiger partial charge is 0.475 e. The first kappa shape index (κ1) is 13.6. The second kappa shape index (κ2) is 9.21. The lowest BCUT2D eigenvalue weighted by atomic mass is 10.6. The topological polar surface area (TPSA) is 56.3 Å². The van der Waals surface area contributed by atoms with E-state index in [0.29, 0.717) is 25.0 Å². The predicted octanol–water partition coefficient (Wildman–Crippen LogP) is 1.57. The van der Waals surface area contributed by atoms with Gasteiger partial charge in [0.15, 0.2) is 0 Å². The van der Waals surface area contributed by atoms with E-state index in [4.69, 9.17) is 9.47 Å².